The molecule has 8 aromatic rings. The van der Waals surface area contributed by atoms with Gasteiger partial charge in [-0.2, -0.15) is 0 Å². The van der Waals surface area contributed by atoms with Gasteiger partial charge in [-0.05, 0) is 83.6 Å². The summed E-state index contributed by atoms with van der Waals surface area (Å²) in [6.07, 6.45) is 0. The SMILES string of the molecule is CC(C)c1cc(-c2ccc3ccc4ccc(-c5ccccc5[O-])[nH+]c4c3n2)cc(-n2c3ccccc3c3cc(C(C)C)ccc32)c1.[Li+]. The first-order valence-electron chi connectivity index (χ1n) is 16.1. The van der Waals surface area contributed by atoms with Crippen LogP contribution in [0.15, 0.2) is 121 Å². The molecule has 47 heavy (non-hydrogen) atoms. The summed E-state index contributed by atoms with van der Waals surface area (Å²) in [6.45, 7) is 8.99. The fourth-order valence-electron chi connectivity index (χ4n) is 6.70. The van der Waals surface area contributed by atoms with E-state index in [1.807, 2.05) is 18.2 Å². The molecule has 0 saturated carbocycles. The minimum Gasteiger partial charge on any atom is -0.872 e. The molecule has 0 unspecified atom stereocenters. The minimum atomic E-state index is -0.00416. The van der Waals surface area contributed by atoms with Crippen molar-refractivity contribution in [2.24, 2.45) is 0 Å². The van der Waals surface area contributed by atoms with Gasteiger partial charge in [0.25, 0.3) is 0 Å². The second-order valence-corrected chi connectivity index (χ2v) is 12.9. The molecule has 0 bridgehead atoms. The molecule has 0 aliphatic rings. The van der Waals surface area contributed by atoms with Crippen LogP contribution in [0.25, 0.3) is 71.8 Å². The first kappa shape index (κ1) is 30.8. The molecule has 0 saturated heterocycles. The molecule has 0 aliphatic carbocycles. The van der Waals surface area contributed by atoms with E-state index in [4.69, 9.17) is 4.98 Å². The maximum Gasteiger partial charge on any atom is 1.00 e. The van der Waals surface area contributed by atoms with Gasteiger partial charge in [0.05, 0.1) is 16.7 Å². The van der Waals surface area contributed by atoms with Crippen LogP contribution in [0.5, 0.6) is 5.75 Å². The smallest absolute Gasteiger partial charge is 0.872 e. The van der Waals surface area contributed by atoms with E-state index in [0.29, 0.717) is 17.4 Å². The molecule has 0 amide bonds. The molecule has 5 heteroatoms. The van der Waals surface area contributed by atoms with E-state index in [1.54, 1.807) is 12.1 Å². The summed E-state index contributed by atoms with van der Waals surface area (Å²) in [5.74, 6) is 0.792. The van der Waals surface area contributed by atoms with Crippen LogP contribution in [0.3, 0.4) is 0 Å². The quantitative estimate of drug-likeness (QED) is 0.158. The van der Waals surface area contributed by atoms with Crippen molar-refractivity contribution < 1.29 is 29.0 Å². The van der Waals surface area contributed by atoms with E-state index in [9.17, 15) is 5.11 Å². The van der Waals surface area contributed by atoms with Gasteiger partial charge < -0.3 is 9.67 Å². The summed E-state index contributed by atoms with van der Waals surface area (Å²) >= 11 is 0. The van der Waals surface area contributed by atoms with Crippen LogP contribution >= 0.6 is 0 Å². The maximum absolute atomic E-state index is 12.6. The van der Waals surface area contributed by atoms with Gasteiger partial charge >= 0.3 is 18.9 Å². The average Bonchev–Trinajstić information content (AvgIpc) is 3.41. The zero-order chi connectivity index (χ0) is 31.5. The van der Waals surface area contributed by atoms with Crippen molar-refractivity contribution in [3.8, 4) is 34.0 Å². The molecule has 1 N–H and O–H groups in total. The zero-order valence-corrected chi connectivity index (χ0v) is 27.5. The Morgan fingerprint density at radius 3 is 2.15 bits per heavy atom. The van der Waals surface area contributed by atoms with Gasteiger partial charge in [0.2, 0.25) is 11.2 Å². The first-order chi connectivity index (χ1) is 22.4. The van der Waals surface area contributed by atoms with Crippen molar-refractivity contribution >= 4 is 43.6 Å². The van der Waals surface area contributed by atoms with Crippen LogP contribution < -0.4 is 29.0 Å². The van der Waals surface area contributed by atoms with Gasteiger partial charge in [-0.3, -0.25) is 0 Å². The third-order valence-electron chi connectivity index (χ3n) is 9.28. The second-order valence-electron chi connectivity index (χ2n) is 12.9. The fraction of sp³-hybridized carbons (Fsp3) is 0.143. The number of nitrogens with one attached hydrogen (secondary N) is 1. The van der Waals surface area contributed by atoms with Gasteiger partial charge in [0, 0.05) is 44.4 Å². The normalized spacial score (nSPS) is 11.7. The minimum absolute atomic E-state index is 0. The van der Waals surface area contributed by atoms with Gasteiger partial charge in [0.1, 0.15) is 5.52 Å². The molecule has 8 rings (SSSR count). The number of aromatic amines is 1. The molecule has 3 heterocycles. The number of hydrogen-bond acceptors (Lipinski definition) is 2. The number of H-pyrrole nitrogens is 1. The predicted octanol–water partition coefficient (Wildman–Crippen LogP) is 6.96. The Hall–Kier alpha value is -4.88. The van der Waals surface area contributed by atoms with Crippen molar-refractivity contribution in [1.29, 1.82) is 0 Å². The van der Waals surface area contributed by atoms with Gasteiger partial charge in [-0.25, -0.2) is 9.97 Å². The van der Waals surface area contributed by atoms with E-state index in [0.717, 1.165) is 44.4 Å². The number of benzene rings is 5. The number of pyridine rings is 2. The number of nitrogens with zero attached hydrogens (tertiary/aromatic N) is 2. The van der Waals surface area contributed by atoms with Crippen LogP contribution in [0, 0.1) is 0 Å². The maximum atomic E-state index is 12.6. The van der Waals surface area contributed by atoms with E-state index in [-0.39, 0.29) is 24.6 Å². The Morgan fingerprint density at radius 1 is 0.638 bits per heavy atom. The van der Waals surface area contributed by atoms with Gasteiger partial charge in [0.15, 0.2) is 0 Å². The third kappa shape index (κ3) is 5.28. The summed E-state index contributed by atoms with van der Waals surface area (Å²) in [4.78, 5) is 8.85. The Kier molecular flexibility index (Phi) is 7.88. The predicted molar refractivity (Wildman–Crippen MR) is 189 cm³/mol. The van der Waals surface area contributed by atoms with Crippen LogP contribution in [0.4, 0.5) is 0 Å². The van der Waals surface area contributed by atoms with Crippen molar-refractivity contribution in [2.75, 3.05) is 0 Å². The zero-order valence-electron chi connectivity index (χ0n) is 27.5. The largest absolute Gasteiger partial charge is 1.00 e. The van der Waals surface area contributed by atoms with Crippen molar-refractivity contribution in [3.63, 3.8) is 0 Å². The molecule has 3 aromatic heterocycles. The van der Waals surface area contributed by atoms with E-state index in [2.05, 4.69) is 128 Å². The standard InChI is InChI=1S/C42H35N3O.Li/c1-25(2)29-17-20-39-35(24-29)33-9-5-7-11-38(33)45(39)32-22-30(26(3)4)21-31(23-32)36-18-15-27-13-14-28-16-19-37(44-42(28)41(27)43-36)34-10-6-8-12-40(34)46;/h5-26,46H,1-4H3;/q;+1. The Balaban J connectivity index is 0.00000351. The van der Waals surface area contributed by atoms with E-state index in [1.165, 1.54) is 32.9 Å². The third-order valence-corrected chi connectivity index (χ3v) is 9.28. The summed E-state index contributed by atoms with van der Waals surface area (Å²) < 4.78 is 2.40. The molecule has 4 nitrogen and oxygen atoms in total. The Bertz CT molecular complexity index is 2460. The number of aromatic nitrogens is 3. The number of para-hydroxylation sites is 2. The Labute approximate surface area is 286 Å². The fourth-order valence-corrected chi connectivity index (χ4v) is 6.70. The molecule has 224 valence electrons. The molecule has 0 fully saturated rings. The van der Waals surface area contributed by atoms with Crippen molar-refractivity contribution in [3.05, 3.63) is 132 Å². The molecule has 5 aromatic carbocycles. The second kappa shape index (κ2) is 12.0. The van der Waals surface area contributed by atoms with Crippen molar-refractivity contribution in [2.45, 2.75) is 39.5 Å². The monoisotopic (exact) mass is 604 g/mol. The van der Waals surface area contributed by atoms with Crippen LogP contribution in [-0.4, -0.2) is 9.55 Å². The first-order valence-corrected chi connectivity index (χ1v) is 16.1. The summed E-state index contributed by atoms with van der Waals surface area (Å²) in [7, 11) is 0. The molecule has 0 radical (unpaired) electrons. The molecule has 0 atom stereocenters. The molecular weight excluding hydrogens is 569 g/mol. The van der Waals surface area contributed by atoms with Crippen LogP contribution in [0.1, 0.15) is 50.7 Å². The van der Waals surface area contributed by atoms with Crippen LogP contribution in [0.2, 0.25) is 0 Å². The van der Waals surface area contributed by atoms with Gasteiger partial charge in [-0.1, -0.05) is 88.0 Å². The van der Waals surface area contributed by atoms with E-state index < -0.39 is 0 Å². The number of hydrogen-bond donors (Lipinski definition) is 0. The molecular formula is C42H35LiN3O+. The average molecular weight is 605 g/mol. The summed E-state index contributed by atoms with van der Waals surface area (Å²) in [5.41, 5.74) is 11.4. The number of rotatable bonds is 5. The molecule has 0 aliphatic heterocycles. The van der Waals surface area contributed by atoms with E-state index >= 15 is 0 Å². The van der Waals surface area contributed by atoms with Crippen LogP contribution in [-0.2, 0) is 0 Å². The number of fused-ring (bicyclic) bond motifs is 6. The van der Waals surface area contributed by atoms with Crippen molar-refractivity contribution in [1.82, 2.24) is 9.55 Å². The summed E-state index contributed by atoms with van der Waals surface area (Å²) in [5, 5.41) is 17.3. The Morgan fingerprint density at radius 2 is 1.34 bits per heavy atom. The topological polar surface area (TPSA) is 55.0 Å². The molecule has 0 spiro atoms. The summed E-state index contributed by atoms with van der Waals surface area (Å²) in [6, 6.07) is 42.2. The van der Waals surface area contributed by atoms with Gasteiger partial charge in [-0.15, -0.1) is 0 Å².